The van der Waals surface area contributed by atoms with Crippen LogP contribution in [-0.4, -0.2) is 18.9 Å². The Hall–Kier alpha value is -2.33. The molecule has 1 heterocycles. The number of hydrogen-bond acceptors (Lipinski definition) is 2. The van der Waals surface area contributed by atoms with E-state index in [0.717, 1.165) is 11.3 Å². The van der Waals surface area contributed by atoms with Gasteiger partial charge in [0.25, 0.3) is 5.91 Å². The number of nitrogens with zero attached hydrogens (tertiary/aromatic N) is 1. The number of nitrogens with one attached hydrogen (secondary N) is 1. The number of amides is 2. The number of benzene rings is 2. The molecule has 106 valence electrons. The highest BCUT2D eigenvalue weighted by atomic mass is 35.5. The molecule has 1 aliphatic rings. The molecule has 0 atom stereocenters. The summed E-state index contributed by atoms with van der Waals surface area (Å²) in [6.45, 7) is 0. The van der Waals surface area contributed by atoms with Crippen molar-refractivity contribution >= 4 is 34.8 Å². The van der Waals surface area contributed by atoms with Crippen LogP contribution in [0.4, 0.5) is 11.4 Å². The molecule has 0 aromatic heterocycles. The molecular weight excluding hydrogens is 288 g/mol. The van der Waals surface area contributed by atoms with E-state index in [1.54, 1.807) is 42.3 Å². The summed E-state index contributed by atoms with van der Waals surface area (Å²) in [5.74, 6) is -0.143. The van der Waals surface area contributed by atoms with Gasteiger partial charge in [-0.15, -0.1) is 0 Å². The Kier molecular flexibility index (Phi) is 3.39. The van der Waals surface area contributed by atoms with Crippen LogP contribution in [0.5, 0.6) is 0 Å². The first-order valence-electron chi connectivity index (χ1n) is 6.51. The fourth-order valence-electron chi connectivity index (χ4n) is 2.35. The minimum atomic E-state index is -0.204. The first-order valence-corrected chi connectivity index (χ1v) is 6.89. The van der Waals surface area contributed by atoms with Crippen LogP contribution in [0.1, 0.15) is 15.9 Å². The van der Waals surface area contributed by atoms with Crippen LogP contribution in [0.15, 0.2) is 42.5 Å². The quantitative estimate of drug-likeness (QED) is 0.926. The highest BCUT2D eigenvalue weighted by molar-refractivity contribution is 6.30. The van der Waals surface area contributed by atoms with Crippen molar-refractivity contribution in [3.8, 4) is 0 Å². The van der Waals surface area contributed by atoms with Gasteiger partial charge in [-0.2, -0.15) is 0 Å². The predicted molar refractivity (Wildman–Crippen MR) is 83.0 cm³/mol. The summed E-state index contributed by atoms with van der Waals surface area (Å²) >= 11 is 5.80. The lowest BCUT2D eigenvalue weighted by Gasteiger charge is -2.11. The first kappa shape index (κ1) is 13.6. The van der Waals surface area contributed by atoms with Crippen molar-refractivity contribution in [2.24, 2.45) is 0 Å². The third-order valence-electron chi connectivity index (χ3n) is 3.52. The smallest absolute Gasteiger partial charge is 0.255 e. The highest BCUT2D eigenvalue weighted by Crippen LogP contribution is 2.30. The van der Waals surface area contributed by atoms with Gasteiger partial charge in [0.15, 0.2) is 0 Å². The molecule has 0 fully saturated rings. The van der Waals surface area contributed by atoms with Crippen molar-refractivity contribution in [3.05, 3.63) is 58.6 Å². The molecular formula is C16H13ClN2O2. The third-order valence-corrected chi connectivity index (χ3v) is 3.77. The van der Waals surface area contributed by atoms with Crippen molar-refractivity contribution in [2.75, 3.05) is 17.3 Å². The average Bonchev–Trinajstić information content (AvgIpc) is 2.74. The van der Waals surface area contributed by atoms with Crippen LogP contribution >= 0.6 is 11.6 Å². The summed E-state index contributed by atoms with van der Waals surface area (Å²) < 4.78 is 0. The Morgan fingerprint density at radius 3 is 2.62 bits per heavy atom. The number of rotatable bonds is 2. The maximum Gasteiger partial charge on any atom is 0.255 e. The molecule has 0 unspecified atom stereocenters. The number of fused-ring (bicyclic) bond motifs is 1. The second-order valence-electron chi connectivity index (χ2n) is 4.93. The van der Waals surface area contributed by atoms with E-state index in [1.807, 2.05) is 12.1 Å². The zero-order valence-corrected chi connectivity index (χ0v) is 12.1. The molecule has 2 aromatic carbocycles. The lowest BCUT2D eigenvalue weighted by molar-refractivity contribution is -0.117. The zero-order valence-electron chi connectivity index (χ0n) is 11.4. The van der Waals surface area contributed by atoms with Gasteiger partial charge >= 0.3 is 0 Å². The molecule has 0 aliphatic carbocycles. The summed E-state index contributed by atoms with van der Waals surface area (Å²) in [6, 6.07) is 12.2. The van der Waals surface area contributed by atoms with E-state index in [0.29, 0.717) is 22.7 Å². The lowest BCUT2D eigenvalue weighted by Crippen LogP contribution is -2.20. The Morgan fingerprint density at radius 1 is 1.19 bits per heavy atom. The lowest BCUT2D eigenvalue weighted by atomic mass is 10.1. The standard InChI is InChI=1S/C16H13ClN2O2/c1-19-14-7-6-13(8-11(14)9-15(19)20)18-16(21)10-2-4-12(17)5-3-10/h2-8H,9H2,1H3,(H,18,21). The van der Waals surface area contributed by atoms with Crippen molar-refractivity contribution < 1.29 is 9.59 Å². The van der Waals surface area contributed by atoms with Crippen molar-refractivity contribution in [1.82, 2.24) is 0 Å². The van der Waals surface area contributed by atoms with Crippen LogP contribution in [-0.2, 0) is 11.2 Å². The molecule has 21 heavy (non-hydrogen) atoms. The number of carbonyl (C=O) groups is 2. The Balaban J connectivity index is 1.80. The van der Waals surface area contributed by atoms with Crippen LogP contribution in [0.25, 0.3) is 0 Å². The van der Waals surface area contributed by atoms with E-state index in [1.165, 1.54) is 0 Å². The predicted octanol–water partition coefficient (Wildman–Crippen LogP) is 3.11. The third kappa shape index (κ3) is 2.62. The van der Waals surface area contributed by atoms with E-state index in [2.05, 4.69) is 5.32 Å². The van der Waals surface area contributed by atoms with Gasteiger partial charge in [0, 0.05) is 29.0 Å². The van der Waals surface area contributed by atoms with Gasteiger partial charge in [-0.3, -0.25) is 9.59 Å². The largest absolute Gasteiger partial charge is 0.322 e. The fourth-order valence-corrected chi connectivity index (χ4v) is 2.48. The van der Waals surface area contributed by atoms with Crippen LogP contribution in [0.3, 0.4) is 0 Å². The molecule has 0 radical (unpaired) electrons. The minimum absolute atomic E-state index is 0.0613. The number of halogens is 1. The van der Waals surface area contributed by atoms with Crippen molar-refractivity contribution in [3.63, 3.8) is 0 Å². The maximum absolute atomic E-state index is 12.1. The van der Waals surface area contributed by atoms with Crippen LogP contribution in [0.2, 0.25) is 5.02 Å². The summed E-state index contributed by atoms with van der Waals surface area (Å²) in [5.41, 5.74) is 3.03. The van der Waals surface area contributed by atoms with Gasteiger partial charge in [-0.05, 0) is 48.0 Å². The normalized spacial score (nSPS) is 13.2. The summed E-state index contributed by atoms with van der Waals surface area (Å²) in [5, 5.41) is 3.41. The molecule has 5 heteroatoms. The van der Waals surface area contributed by atoms with E-state index >= 15 is 0 Å². The maximum atomic E-state index is 12.1. The van der Waals surface area contributed by atoms with E-state index in [9.17, 15) is 9.59 Å². The summed E-state index contributed by atoms with van der Waals surface area (Å²) in [6.07, 6.45) is 0.372. The highest BCUT2D eigenvalue weighted by Gasteiger charge is 2.24. The van der Waals surface area contributed by atoms with Gasteiger partial charge in [0.05, 0.1) is 6.42 Å². The second-order valence-corrected chi connectivity index (χ2v) is 5.37. The number of likely N-dealkylation sites (N-methyl/N-ethyl adjacent to an activating group) is 1. The summed E-state index contributed by atoms with van der Waals surface area (Å²) in [7, 11) is 1.75. The van der Waals surface area contributed by atoms with Gasteiger partial charge in [0.1, 0.15) is 0 Å². The van der Waals surface area contributed by atoms with E-state index < -0.39 is 0 Å². The molecule has 1 N–H and O–H groups in total. The number of carbonyl (C=O) groups excluding carboxylic acids is 2. The van der Waals surface area contributed by atoms with Gasteiger partial charge in [-0.1, -0.05) is 11.6 Å². The SMILES string of the molecule is CN1C(=O)Cc2cc(NC(=O)c3ccc(Cl)cc3)ccc21. The molecule has 2 amide bonds. The number of hydrogen-bond donors (Lipinski definition) is 1. The van der Waals surface area contributed by atoms with E-state index in [-0.39, 0.29) is 11.8 Å². The molecule has 2 aromatic rings. The van der Waals surface area contributed by atoms with E-state index in [4.69, 9.17) is 11.6 Å². The fraction of sp³-hybridized carbons (Fsp3) is 0.125. The van der Waals surface area contributed by atoms with Crippen molar-refractivity contribution in [1.29, 1.82) is 0 Å². The molecule has 0 saturated carbocycles. The molecule has 0 saturated heterocycles. The Morgan fingerprint density at radius 2 is 1.90 bits per heavy atom. The van der Waals surface area contributed by atoms with Gasteiger partial charge in [0.2, 0.25) is 5.91 Å². The molecule has 0 spiro atoms. The van der Waals surface area contributed by atoms with Gasteiger partial charge < -0.3 is 10.2 Å². The van der Waals surface area contributed by atoms with Crippen LogP contribution < -0.4 is 10.2 Å². The minimum Gasteiger partial charge on any atom is -0.322 e. The Labute approximate surface area is 127 Å². The van der Waals surface area contributed by atoms with Crippen molar-refractivity contribution in [2.45, 2.75) is 6.42 Å². The second kappa shape index (κ2) is 5.22. The number of anilines is 2. The molecule has 1 aliphatic heterocycles. The van der Waals surface area contributed by atoms with Gasteiger partial charge in [-0.25, -0.2) is 0 Å². The molecule has 4 nitrogen and oxygen atoms in total. The monoisotopic (exact) mass is 300 g/mol. The average molecular weight is 301 g/mol. The molecule has 0 bridgehead atoms. The van der Waals surface area contributed by atoms with Crippen LogP contribution in [0, 0.1) is 0 Å². The topological polar surface area (TPSA) is 49.4 Å². The Bertz CT molecular complexity index is 726. The zero-order chi connectivity index (χ0) is 15.0. The summed E-state index contributed by atoms with van der Waals surface area (Å²) in [4.78, 5) is 25.4. The molecule has 3 rings (SSSR count). The first-order chi connectivity index (χ1) is 10.0.